The zero-order chi connectivity index (χ0) is 19.8. The third-order valence-corrected chi connectivity index (χ3v) is 6.52. The SMILES string of the molecule is O=C1N(Cc2nc3cc(Cl)cc(F)c3n2CC2COC2)c2cnccc2C12CC2. The molecule has 148 valence electrons. The van der Waals surface area contributed by atoms with Crippen LogP contribution in [0, 0.1) is 11.7 Å². The maximum Gasteiger partial charge on any atom is 0.238 e. The highest BCUT2D eigenvalue weighted by Gasteiger charge is 2.59. The van der Waals surface area contributed by atoms with Crippen molar-refractivity contribution in [1.29, 1.82) is 0 Å². The predicted molar refractivity (Wildman–Crippen MR) is 105 cm³/mol. The maximum atomic E-state index is 14.8. The fraction of sp³-hybridized carbons (Fsp3) is 0.381. The van der Waals surface area contributed by atoms with Crippen LogP contribution in [-0.4, -0.2) is 33.7 Å². The number of anilines is 1. The van der Waals surface area contributed by atoms with Crippen LogP contribution in [0.25, 0.3) is 11.0 Å². The summed E-state index contributed by atoms with van der Waals surface area (Å²) in [6, 6.07) is 4.91. The first-order valence-corrected chi connectivity index (χ1v) is 10.1. The number of carbonyl (C=O) groups is 1. The Morgan fingerprint density at radius 2 is 2.14 bits per heavy atom. The minimum atomic E-state index is -0.403. The molecule has 6 nitrogen and oxygen atoms in total. The van der Waals surface area contributed by atoms with Crippen molar-refractivity contribution < 1.29 is 13.9 Å². The molecule has 1 aromatic carbocycles. The van der Waals surface area contributed by atoms with Gasteiger partial charge in [-0.2, -0.15) is 0 Å². The van der Waals surface area contributed by atoms with Crippen molar-refractivity contribution >= 4 is 34.2 Å². The molecule has 1 saturated heterocycles. The molecule has 1 amide bonds. The summed E-state index contributed by atoms with van der Waals surface area (Å²) in [5.41, 5.74) is 2.41. The van der Waals surface area contributed by atoms with Gasteiger partial charge >= 0.3 is 0 Å². The van der Waals surface area contributed by atoms with E-state index in [2.05, 4.69) is 9.97 Å². The normalized spacial score (nSPS) is 19.8. The van der Waals surface area contributed by atoms with Gasteiger partial charge in [0.25, 0.3) is 0 Å². The summed E-state index contributed by atoms with van der Waals surface area (Å²) >= 11 is 6.05. The molecule has 0 atom stereocenters. The standard InChI is InChI=1S/C21H18ClFN4O2/c22-13-5-15(23)19-16(6-13)25-18(27(19)8-12-10-29-11-12)9-26-17-7-24-4-1-14(17)21(2-3-21)20(26)28/h1,4-7,12H,2-3,8-11H2. The van der Waals surface area contributed by atoms with Crippen molar-refractivity contribution in [3.05, 3.63) is 52.8 Å². The molecule has 3 aliphatic rings. The van der Waals surface area contributed by atoms with E-state index in [1.54, 1.807) is 23.4 Å². The largest absolute Gasteiger partial charge is 0.381 e. The second-order valence-electron chi connectivity index (χ2n) is 8.16. The Morgan fingerprint density at radius 1 is 1.31 bits per heavy atom. The topological polar surface area (TPSA) is 60.2 Å². The molecule has 2 fully saturated rings. The number of ether oxygens (including phenoxy) is 1. The van der Waals surface area contributed by atoms with Gasteiger partial charge in [-0.3, -0.25) is 9.78 Å². The number of amides is 1. The highest BCUT2D eigenvalue weighted by molar-refractivity contribution is 6.31. The summed E-state index contributed by atoms with van der Waals surface area (Å²) in [5, 5.41) is 0.307. The Labute approximate surface area is 171 Å². The molecule has 0 radical (unpaired) electrons. The average Bonchev–Trinajstić information content (AvgIpc) is 3.35. The Kier molecular flexibility index (Phi) is 3.59. The van der Waals surface area contributed by atoms with E-state index in [4.69, 9.17) is 16.3 Å². The van der Waals surface area contributed by atoms with Gasteiger partial charge < -0.3 is 14.2 Å². The van der Waals surface area contributed by atoms with E-state index in [0.29, 0.717) is 47.6 Å². The van der Waals surface area contributed by atoms with Crippen molar-refractivity contribution in [2.75, 3.05) is 18.1 Å². The molecule has 1 aliphatic carbocycles. The highest BCUT2D eigenvalue weighted by Crippen LogP contribution is 2.57. The van der Waals surface area contributed by atoms with Crippen LogP contribution in [-0.2, 0) is 28.0 Å². The molecular weight excluding hydrogens is 395 g/mol. The van der Waals surface area contributed by atoms with Gasteiger partial charge in [0.05, 0.1) is 42.6 Å². The van der Waals surface area contributed by atoms with Gasteiger partial charge in [-0.05, 0) is 36.6 Å². The number of aromatic nitrogens is 3. The number of carbonyl (C=O) groups excluding carboxylic acids is 1. The van der Waals surface area contributed by atoms with E-state index >= 15 is 0 Å². The van der Waals surface area contributed by atoms with Gasteiger partial charge in [0.15, 0.2) is 5.82 Å². The summed E-state index contributed by atoms with van der Waals surface area (Å²) < 4.78 is 22.0. The first-order valence-electron chi connectivity index (χ1n) is 9.75. The van der Waals surface area contributed by atoms with Crippen LogP contribution in [0.3, 0.4) is 0 Å². The van der Waals surface area contributed by atoms with Crippen molar-refractivity contribution in [3.63, 3.8) is 0 Å². The third kappa shape index (κ3) is 2.47. The molecule has 3 aromatic rings. The van der Waals surface area contributed by atoms with Gasteiger partial charge in [0.1, 0.15) is 11.3 Å². The van der Waals surface area contributed by atoms with Gasteiger partial charge in [-0.25, -0.2) is 9.37 Å². The highest BCUT2D eigenvalue weighted by atomic mass is 35.5. The lowest BCUT2D eigenvalue weighted by Gasteiger charge is -2.27. The molecule has 1 spiro atoms. The van der Waals surface area contributed by atoms with Crippen LogP contribution < -0.4 is 4.90 Å². The third-order valence-electron chi connectivity index (χ3n) is 6.30. The van der Waals surface area contributed by atoms with Gasteiger partial charge in [-0.15, -0.1) is 0 Å². The minimum absolute atomic E-state index is 0.0876. The lowest BCUT2D eigenvalue weighted by atomic mass is 9.99. The molecule has 4 heterocycles. The summed E-state index contributed by atoms with van der Waals surface area (Å²) in [4.78, 5) is 23.9. The zero-order valence-corrected chi connectivity index (χ0v) is 16.3. The molecule has 29 heavy (non-hydrogen) atoms. The average molecular weight is 413 g/mol. The van der Waals surface area contributed by atoms with Crippen molar-refractivity contribution in [1.82, 2.24) is 14.5 Å². The second-order valence-corrected chi connectivity index (χ2v) is 8.60. The lowest BCUT2D eigenvalue weighted by Crippen LogP contribution is -2.35. The van der Waals surface area contributed by atoms with Crippen LogP contribution in [0.5, 0.6) is 0 Å². The zero-order valence-electron chi connectivity index (χ0n) is 15.6. The van der Waals surface area contributed by atoms with Crippen molar-refractivity contribution in [2.24, 2.45) is 5.92 Å². The van der Waals surface area contributed by atoms with E-state index in [1.807, 2.05) is 10.6 Å². The Bertz CT molecular complexity index is 1170. The Morgan fingerprint density at radius 3 is 2.86 bits per heavy atom. The number of hydrogen-bond acceptors (Lipinski definition) is 4. The quantitative estimate of drug-likeness (QED) is 0.658. The summed E-state index contributed by atoms with van der Waals surface area (Å²) in [6.45, 7) is 2.16. The number of halogens is 2. The molecule has 0 N–H and O–H groups in total. The van der Waals surface area contributed by atoms with Gasteiger partial charge in [0, 0.05) is 23.7 Å². The molecule has 0 bridgehead atoms. The van der Waals surface area contributed by atoms with E-state index in [-0.39, 0.29) is 12.5 Å². The molecule has 8 heteroatoms. The number of benzene rings is 1. The maximum absolute atomic E-state index is 14.8. The van der Waals surface area contributed by atoms with E-state index in [9.17, 15) is 9.18 Å². The van der Waals surface area contributed by atoms with Crippen LogP contribution in [0.4, 0.5) is 10.1 Å². The lowest BCUT2D eigenvalue weighted by molar-refractivity contribution is -0.120. The second kappa shape index (κ2) is 6.00. The van der Waals surface area contributed by atoms with Gasteiger partial charge in [0.2, 0.25) is 5.91 Å². The summed E-state index contributed by atoms with van der Waals surface area (Å²) in [5.74, 6) is 0.637. The van der Waals surface area contributed by atoms with Crippen molar-refractivity contribution in [2.45, 2.75) is 31.3 Å². The van der Waals surface area contributed by atoms with E-state index in [0.717, 1.165) is 24.1 Å². The fourth-order valence-electron chi connectivity index (χ4n) is 4.59. The molecule has 2 aliphatic heterocycles. The minimum Gasteiger partial charge on any atom is -0.381 e. The Balaban J connectivity index is 1.45. The van der Waals surface area contributed by atoms with E-state index in [1.165, 1.54) is 6.07 Å². The number of nitrogens with zero attached hydrogens (tertiary/aromatic N) is 4. The van der Waals surface area contributed by atoms with Crippen LogP contribution >= 0.6 is 11.6 Å². The number of hydrogen-bond donors (Lipinski definition) is 0. The summed E-state index contributed by atoms with van der Waals surface area (Å²) in [7, 11) is 0. The smallest absolute Gasteiger partial charge is 0.238 e. The number of pyridine rings is 1. The number of fused-ring (bicyclic) bond motifs is 3. The molecule has 0 unspecified atom stereocenters. The first kappa shape index (κ1) is 17.4. The van der Waals surface area contributed by atoms with Gasteiger partial charge in [-0.1, -0.05) is 11.6 Å². The Hall–Kier alpha value is -2.51. The van der Waals surface area contributed by atoms with Crippen LogP contribution in [0.15, 0.2) is 30.6 Å². The fourth-order valence-corrected chi connectivity index (χ4v) is 4.79. The van der Waals surface area contributed by atoms with Crippen molar-refractivity contribution in [3.8, 4) is 0 Å². The number of imidazole rings is 1. The van der Waals surface area contributed by atoms with Crippen LogP contribution in [0.1, 0.15) is 24.2 Å². The molecular formula is C21H18ClFN4O2. The molecule has 6 rings (SSSR count). The van der Waals surface area contributed by atoms with E-state index < -0.39 is 11.2 Å². The molecule has 2 aromatic heterocycles. The molecule has 1 saturated carbocycles. The monoisotopic (exact) mass is 412 g/mol. The first-order chi connectivity index (χ1) is 14.1. The number of rotatable bonds is 4. The summed E-state index contributed by atoms with van der Waals surface area (Å²) in [6.07, 6.45) is 5.20. The van der Waals surface area contributed by atoms with Crippen LogP contribution in [0.2, 0.25) is 5.02 Å². The predicted octanol–water partition coefficient (Wildman–Crippen LogP) is 3.45.